The Kier molecular flexibility index (Phi) is 6.80. The van der Waals surface area contributed by atoms with E-state index in [9.17, 15) is 0 Å². The molecule has 0 amide bonds. The molecule has 16 heavy (non-hydrogen) atoms. The summed E-state index contributed by atoms with van der Waals surface area (Å²) in [5.41, 5.74) is 0. The third-order valence-electron chi connectivity index (χ3n) is 4.05. The Morgan fingerprint density at radius 2 is 1.94 bits per heavy atom. The number of rotatable bonds is 6. The molecular weight excluding hydrogens is 216 g/mol. The molecule has 0 radical (unpaired) electrons. The Morgan fingerprint density at radius 1 is 1.19 bits per heavy atom. The van der Waals surface area contributed by atoms with Crippen LogP contribution in [0.3, 0.4) is 0 Å². The van der Waals surface area contributed by atoms with Gasteiger partial charge in [-0.15, -0.1) is 11.6 Å². The van der Waals surface area contributed by atoms with E-state index in [0.29, 0.717) is 5.38 Å². The number of alkyl halides is 1. The summed E-state index contributed by atoms with van der Waals surface area (Å²) in [7, 11) is 0. The van der Waals surface area contributed by atoms with Crippen molar-refractivity contribution in [3.8, 4) is 0 Å². The molecule has 96 valence electrons. The topological polar surface area (TPSA) is 0 Å². The number of hydrogen-bond acceptors (Lipinski definition) is 0. The van der Waals surface area contributed by atoms with Gasteiger partial charge in [-0.05, 0) is 43.4 Å². The summed E-state index contributed by atoms with van der Waals surface area (Å²) in [4.78, 5) is 0. The summed E-state index contributed by atoms with van der Waals surface area (Å²) >= 11 is 6.46. The molecule has 0 bridgehead atoms. The maximum Gasteiger partial charge on any atom is 0.0364 e. The Hall–Kier alpha value is 0.290. The highest BCUT2D eigenvalue weighted by Gasteiger charge is 2.28. The lowest BCUT2D eigenvalue weighted by Crippen LogP contribution is -2.25. The summed E-state index contributed by atoms with van der Waals surface area (Å²) in [6.07, 6.45) is 10.9. The fourth-order valence-corrected chi connectivity index (χ4v) is 3.44. The van der Waals surface area contributed by atoms with Crippen molar-refractivity contribution in [2.75, 3.05) is 0 Å². The van der Waals surface area contributed by atoms with Gasteiger partial charge >= 0.3 is 0 Å². The largest absolute Gasteiger partial charge is 0.123 e. The van der Waals surface area contributed by atoms with Crippen molar-refractivity contribution in [3.63, 3.8) is 0 Å². The van der Waals surface area contributed by atoms with Gasteiger partial charge in [0.1, 0.15) is 0 Å². The van der Waals surface area contributed by atoms with Crippen LogP contribution in [0.5, 0.6) is 0 Å². The first-order chi connectivity index (χ1) is 7.63. The quantitative estimate of drug-likeness (QED) is 0.531. The molecule has 1 heteroatoms. The lowest BCUT2D eigenvalue weighted by Gasteiger charge is -2.33. The van der Waals surface area contributed by atoms with Gasteiger partial charge in [0.15, 0.2) is 0 Å². The Balaban J connectivity index is 2.26. The third-order valence-corrected chi connectivity index (χ3v) is 4.63. The van der Waals surface area contributed by atoms with E-state index in [1.807, 2.05) is 0 Å². The summed E-state index contributed by atoms with van der Waals surface area (Å²) in [5.74, 6) is 2.64. The zero-order valence-corrected chi connectivity index (χ0v) is 12.1. The Morgan fingerprint density at radius 3 is 2.56 bits per heavy atom. The van der Waals surface area contributed by atoms with E-state index in [1.165, 1.54) is 51.4 Å². The van der Waals surface area contributed by atoms with Gasteiger partial charge in [0, 0.05) is 5.38 Å². The summed E-state index contributed by atoms with van der Waals surface area (Å²) in [6, 6.07) is 0. The van der Waals surface area contributed by atoms with E-state index < -0.39 is 0 Å². The zero-order valence-electron chi connectivity index (χ0n) is 11.3. The molecule has 0 aliphatic heterocycles. The minimum absolute atomic E-state index is 0.472. The molecule has 1 aliphatic rings. The van der Waals surface area contributed by atoms with E-state index in [-0.39, 0.29) is 0 Å². The predicted molar refractivity (Wildman–Crippen MR) is 74.1 cm³/mol. The van der Waals surface area contributed by atoms with E-state index in [2.05, 4.69) is 20.8 Å². The van der Waals surface area contributed by atoms with Crippen molar-refractivity contribution in [1.82, 2.24) is 0 Å². The van der Waals surface area contributed by atoms with Gasteiger partial charge in [-0.25, -0.2) is 0 Å². The molecule has 0 saturated heterocycles. The van der Waals surface area contributed by atoms with Crippen molar-refractivity contribution in [2.45, 2.75) is 77.5 Å². The molecule has 0 nitrogen and oxygen atoms in total. The molecule has 1 aliphatic carbocycles. The first kappa shape index (κ1) is 14.4. The van der Waals surface area contributed by atoms with Crippen LogP contribution >= 0.6 is 11.6 Å². The molecule has 1 rings (SSSR count). The maximum absolute atomic E-state index is 6.46. The minimum Gasteiger partial charge on any atom is -0.123 e. The molecule has 0 aromatic heterocycles. The normalized spacial score (nSPS) is 30.9. The summed E-state index contributed by atoms with van der Waals surface area (Å²) < 4.78 is 0. The fourth-order valence-electron chi connectivity index (χ4n) is 3.08. The van der Waals surface area contributed by atoms with Gasteiger partial charge < -0.3 is 0 Å². The van der Waals surface area contributed by atoms with E-state index in [1.54, 1.807) is 0 Å². The molecule has 0 N–H and O–H groups in total. The Labute approximate surface area is 107 Å². The summed E-state index contributed by atoms with van der Waals surface area (Å²) in [6.45, 7) is 6.94. The van der Waals surface area contributed by atoms with Crippen LogP contribution in [0.25, 0.3) is 0 Å². The van der Waals surface area contributed by atoms with Crippen LogP contribution in [-0.2, 0) is 0 Å². The van der Waals surface area contributed by atoms with Crippen LogP contribution in [0.15, 0.2) is 0 Å². The second-order valence-corrected chi connectivity index (χ2v) is 6.63. The number of halogens is 1. The highest BCUT2D eigenvalue weighted by Crippen LogP contribution is 2.37. The second kappa shape index (κ2) is 7.58. The Bertz CT molecular complexity index is 176. The van der Waals surface area contributed by atoms with Crippen molar-refractivity contribution >= 4 is 11.6 Å². The van der Waals surface area contributed by atoms with Gasteiger partial charge in [-0.1, -0.05) is 46.5 Å². The first-order valence-corrected chi connectivity index (χ1v) is 7.71. The zero-order chi connectivity index (χ0) is 12.0. The van der Waals surface area contributed by atoms with Crippen molar-refractivity contribution in [1.29, 1.82) is 0 Å². The van der Waals surface area contributed by atoms with E-state index in [0.717, 1.165) is 17.8 Å². The molecular formula is C15H29Cl. The smallest absolute Gasteiger partial charge is 0.0364 e. The van der Waals surface area contributed by atoms with Crippen molar-refractivity contribution in [3.05, 3.63) is 0 Å². The molecule has 0 aromatic carbocycles. The van der Waals surface area contributed by atoms with Crippen LogP contribution in [-0.4, -0.2) is 5.38 Å². The predicted octanol–water partition coefficient (Wildman–Crippen LogP) is 5.64. The summed E-state index contributed by atoms with van der Waals surface area (Å²) in [5, 5.41) is 0.472. The van der Waals surface area contributed by atoms with Crippen LogP contribution in [0.1, 0.15) is 72.1 Å². The monoisotopic (exact) mass is 244 g/mol. The van der Waals surface area contributed by atoms with Crippen LogP contribution in [0, 0.1) is 17.8 Å². The molecule has 1 fully saturated rings. The first-order valence-electron chi connectivity index (χ1n) is 7.27. The van der Waals surface area contributed by atoms with Crippen LogP contribution in [0.4, 0.5) is 0 Å². The lowest BCUT2D eigenvalue weighted by molar-refractivity contribution is 0.241. The van der Waals surface area contributed by atoms with Crippen molar-refractivity contribution < 1.29 is 0 Å². The third kappa shape index (κ3) is 5.08. The van der Waals surface area contributed by atoms with Gasteiger partial charge in [0.25, 0.3) is 0 Å². The standard InChI is InChI=1S/C15H29Cl/c1-4-6-13-9-10-15(16)14(11-13)8-5-7-12(2)3/h12-15H,4-11H2,1-3H3. The average Bonchev–Trinajstić information content (AvgIpc) is 2.22. The van der Waals surface area contributed by atoms with E-state index in [4.69, 9.17) is 11.6 Å². The highest BCUT2D eigenvalue weighted by atomic mass is 35.5. The number of hydrogen-bond donors (Lipinski definition) is 0. The van der Waals surface area contributed by atoms with Crippen LogP contribution < -0.4 is 0 Å². The second-order valence-electron chi connectivity index (χ2n) is 6.07. The van der Waals surface area contributed by atoms with Crippen molar-refractivity contribution in [2.24, 2.45) is 17.8 Å². The molecule has 3 unspecified atom stereocenters. The molecule has 0 aromatic rings. The van der Waals surface area contributed by atoms with Crippen LogP contribution in [0.2, 0.25) is 0 Å². The van der Waals surface area contributed by atoms with E-state index >= 15 is 0 Å². The fraction of sp³-hybridized carbons (Fsp3) is 1.00. The SMILES string of the molecule is CCCC1CCC(Cl)C(CCCC(C)C)C1. The molecule has 0 heterocycles. The minimum atomic E-state index is 0.472. The van der Waals surface area contributed by atoms with Gasteiger partial charge in [0.05, 0.1) is 0 Å². The van der Waals surface area contributed by atoms with Gasteiger partial charge in [0.2, 0.25) is 0 Å². The van der Waals surface area contributed by atoms with Gasteiger partial charge in [-0.3, -0.25) is 0 Å². The maximum atomic E-state index is 6.46. The molecule has 0 spiro atoms. The molecule has 1 saturated carbocycles. The van der Waals surface area contributed by atoms with Gasteiger partial charge in [-0.2, -0.15) is 0 Å². The average molecular weight is 245 g/mol. The highest BCUT2D eigenvalue weighted by molar-refractivity contribution is 6.20. The molecule has 3 atom stereocenters. The lowest BCUT2D eigenvalue weighted by atomic mass is 9.77.